The van der Waals surface area contributed by atoms with Crippen LogP contribution < -0.4 is 4.72 Å². The van der Waals surface area contributed by atoms with Crippen molar-refractivity contribution in [3.63, 3.8) is 0 Å². The summed E-state index contributed by atoms with van der Waals surface area (Å²) in [5, 5.41) is 9.03. The summed E-state index contributed by atoms with van der Waals surface area (Å²) in [6.45, 7) is 6.13. The molecule has 1 rings (SSSR count). The van der Waals surface area contributed by atoms with Crippen molar-refractivity contribution in [1.29, 1.82) is 0 Å². The van der Waals surface area contributed by atoms with Gasteiger partial charge in [0.05, 0.1) is 10.5 Å². The van der Waals surface area contributed by atoms with Crippen molar-refractivity contribution in [2.75, 3.05) is 6.54 Å². The lowest BCUT2D eigenvalue weighted by atomic mass is 10.1. The zero-order valence-corrected chi connectivity index (χ0v) is 14.7. The number of carboxylic acids is 1. The SMILES string of the molecule is Cc1c(Br)cc(C(=O)O)cc1S(=O)(=O)NCCCC(C)C. The van der Waals surface area contributed by atoms with Gasteiger partial charge < -0.3 is 5.11 Å². The van der Waals surface area contributed by atoms with Gasteiger partial charge in [-0.3, -0.25) is 0 Å². The average molecular weight is 378 g/mol. The fourth-order valence-corrected chi connectivity index (χ4v) is 3.81. The summed E-state index contributed by atoms with van der Waals surface area (Å²) in [5.74, 6) is -0.646. The Morgan fingerprint density at radius 3 is 2.52 bits per heavy atom. The van der Waals surface area contributed by atoms with Crippen LogP contribution in [0.4, 0.5) is 0 Å². The van der Waals surface area contributed by atoms with Gasteiger partial charge in [0.1, 0.15) is 0 Å². The van der Waals surface area contributed by atoms with Gasteiger partial charge in [0.2, 0.25) is 10.0 Å². The fraction of sp³-hybridized carbons (Fsp3) is 0.500. The third-order valence-electron chi connectivity index (χ3n) is 3.08. The zero-order valence-electron chi connectivity index (χ0n) is 12.3. The van der Waals surface area contributed by atoms with Crippen LogP contribution in [0.25, 0.3) is 0 Å². The minimum Gasteiger partial charge on any atom is -0.478 e. The Bertz CT molecular complexity index is 626. The molecule has 2 N–H and O–H groups in total. The Kier molecular flexibility index (Phi) is 6.37. The molecular weight excluding hydrogens is 358 g/mol. The topological polar surface area (TPSA) is 83.5 Å². The van der Waals surface area contributed by atoms with E-state index in [4.69, 9.17) is 5.11 Å². The number of carbonyl (C=O) groups is 1. The third kappa shape index (κ3) is 5.09. The molecule has 0 aliphatic carbocycles. The lowest BCUT2D eigenvalue weighted by molar-refractivity contribution is 0.0696. The van der Waals surface area contributed by atoms with E-state index in [1.165, 1.54) is 12.1 Å². The molecule has 0 atom stereocenters. The van der Waals surface area contributed by atoms with E-state index in [-0.39, 0.29) is 10.5 Å². The second kappa shape index (κ2) is 7.38. The highest BCUT2D eigenvalue weighted by atomic mass is 79.9. The fourth-order valence-electron chi connectivity index (χ4n) is 1.85. The predicted octanol–water partition coefficient (Wildman–Crippen LogP) is 3.17. The molecule has 21 heavy (non-hydrogen) atoms. The van der Waals surface area contributed by atoms with Crippen LogP contribution >= 0.6 is 15.9 Å². The number of nitrogens with one attached hydrogen (secondary N) is 1. The van der Waals surface area contributed by atoms with Crippen molar-refractivity contribution in [1.82, 2.24) is 4.72 Å². The molecule has 0 unspecified atom stereocenters. The number of hydrogen-bond donors (Lipinski definition) is 2. The standard InChI is InChI=1S/C14H20BrNO4S/c1-9(2)5-4-6-16-21(19,20)13-8-11(14(17)18)7-12(15)10(13)3/h7-9,16H,4-6H2,1-3H3,(H,17,18). The van der Waals surface area contributed by atoms with E-state index >= 15 is 0 Å². The zero-order chi connectivity index (χ0) is 16.2. The van der Waals surface area contributed by atoms with E-state index in [0.717, 1.165) is 12.8 Å². The van der Waals surface area contributed by atoms with Crippen LogP contribution in [0.2, 0.25) is 0 Å². The first kappa shape index (κ1) is 18.1. The maximum absolute atomic E-state index is 12.3. The largest absolute Gasteiger partial charge is 0.478 e. The van der Waals surface area contributed by atoms with Gasteiger partial charge in [0.25, 0.3) is 0 Å². The molecule has 0 saturated carbocycles. The summed E-state index contributed by atoms with van der Waals surface area (Å²) < 4.78 is 27.6. The van der Waals surface area contributed by atoms with E-state index in [2.05, 4.69) is 34.5 Å². The Morgan fingerprint density at radius 2 is 2.00 bits per heavy atom. The summed E-state index contributed by atoms with van der Waals surface area (Å²) in [6.07, 6.45) is 1.68. The normalized spacial score (nSPS) is 11.9. The number of aromatic carboxylic acids is 1. The van der Waals surface area contributed by atoms with E-state index in [0.29, 0.717) is 22.5 Å². The smallest absolute Gasteiger partial charge is 0.335 e. The molecule has 0 saturated heterocycles. The van der Waals surface area contributed by atoms with Gasteiger partial charge in [-0.05, 0) is 43.4 Å². The quantitative estimate of drug-likeness (QED) is 0.714. The van der Waals surface area contributed by atoms with E-state index < -0.39 is 16.0 Å². The van der Waals surface area contributed by atoms with Crippen molar-refractivity contribution in [3.05, 3.63) is 27.7 Å². The summed E-state index contributed by atoms with van der Waals surface area (Å²) >= 11 is 3.20. The van der Waals surface area contributed by atoms with E-state index in [9.17, 15) is 13.2 Å². The van der Waals surface area contributed by atoms with Crippen molar-refractivity contribution in [2.24, 2.45) is 5.92 Å². The molecular formula is C14H20BrNO4S. The maximum atomic E-state index is 12.3. The molecule has 0 radical (unpaired) electrons. The summed E-state index contributed by atoms with van der Waals surface area (Å²) in [7, 11) is -3.71. The van der Waals surface area contributed by atoms with Crippen LogP contribution in [-0.4, -0.2) is 26.0 Å². The van der Waals surface area contributed by atoms with Gasteiger partial charge in [0, 0.05) is 11.0 Å². The number of halogens is 1. The Labute approximate surface area is 133 Å². The van der Waals surface area contributed by atoms with Crippen LogP contribution in [0.5, 0.6) is 0 Å². The van der Waals surface area contributed by atoms with Gasteiger partial charge in [-0.25, -0.2) is 17.9 Å². The molecule has 0 fully saturated rings. The predicted molar refractivity (Wildman–Crippen MR) is 85.1 cm³/mol. The van der Waals surface area contributed by atoms with Crippen LogP contribution in [-0.2, 0) is 10.0 Å². The molecule has 1 aromatic carbocycles. The van der Waals surface area contributed by atoms with Crippen LogP contribution in [0.3, 0.4) is 0 Å². The highest BCUT2D eigenvalue weighted by molar-refractivity contribution is 9.10. The van der Waals surface area contributed by atoms with Crippen LogP contribution in [0.1, 0.15) is 42.6 Å². The molecule has 0 bridgehead atoms. The number of carboxylic acid groups (broad SMARTS) is 1. The third-order valence-corrected chi connectivity index (χ3v) is 5.49. The number of hydrogen-bond acceptors (Lipinski definition) is 3. The number of rotatable bonds is 7. The molecule has 1 aromatic rings. The molecule has 0 amide bonds. The Morgan fingerprint density at radius 1 is 1.38 bits per heavy atom. The van der Waals surface area contributed by atoms with Crippen molar-refractivity contribution < 1.29 is 18.3 Å². The van der Waals surface area contributed by atoms with E-state index in [1.54, 1.807) is 6.92 Å². The van der Waals surface area contributed by atoms with Crippen molar-refractivity contribution >= 4 is 31.9 Å². The van der Waals surface area contributed by atoms with Gasteiger partial charge in [-0.15, -0.1) is 0 Å². The number of sulfonamides is 1. The summed E-state index contributed by atoms with van der Waals surface area (Å²) in [4.78, 5) is 11.0. The van der Waals surface area contributed by atoms with Crippen LogP contribution in [0.15, 0.2) is 21.5 Å². The second-order valence-electron chi connectivity index (χ2n) is 5.32. The van der Waals surface area contributed by atoms with Gasteiger partial charge in [0.15, 0.2) is 0 Å². The van der Waals surface area contributed by atoms with Crippen molar-refractivity contribution in [3.8, 4) is 0 Å². The molecule has 0 heterocycles. The summed E-state index contributed by atoms with van der Waals surface area (Å²) in [6, 6.07) is 2.59. The summed E-state index contributed by atoms with van der Waals surface area (Å²) in [5.41, 5.74) is 0.436. The molecule has 0 aliphatic heterocycles. The number of benzene rings is 1. The lowest BCUT2D eigenvalue weighted by Crippen LogP contribution is -2.26. The van der Waals surface area contributed by atoms with Gasteiger partial charge >= 0.3 is 5.97 Å². The second-order valence-corrected chi connectivity index (χ2v) is 7.91. The molecule has 118 valence electrons. The van der Waals surface area contributed by atoms with Crippen molar-refractivity contribution in [2.45, 2.75) is 38.5 Å². The molecule has 0 aromatic heterocycles. The molecule has 7 heteroatoms. The maximum Gasteiger partial charge on any atom is 0.335 e. The Balaban J connectivity index is 2.99. The van der Waals surface area contributed by atoms with Gasteiger partial charge in [-0.2, -0.15) is 0 Å². The first-order chi connectivity index (χ1) is 9.65. The molecule has 0 aliphatic rings. The average Bonchev–Trinajstić information content (AvgIpc) is 2.37. The minimum absolute atomic E-state index is 0.00109. The monoisotopic (exact) mass is 377 g/mol. The van der Waals surface area contributed by atoms with Crippen LogP contribution in [0, 0.1) is 12.8 Å². The lowest BCUT2D eigenvalue weighted by Gasteiger charge is -2.12. The molecule has 5 nitrogen and oxygen atoms in total. The minimum atomic E-state index is -3.71. The molecule has 0 spiro atoms. The highest BCUT2D eigenvalue weighted by Gasteiger charge is 2.20. The Hall–Kier alpha value is -0.920. The first-order valence-corrected chi connectivity index (χ1v) is 8.96. The van der Waals surface area contributed by atoms with E-state index in [1.807, 2.05) is 0 Å². The first-order valence-electron chi connectivity index (χ1n) is 6.68. The van der Waals surface area contributed by atoms with Gasteiger partial charge in [-0.1, -0.05) is 29.8 Å². The highest BCUT2D eigenvalue weighted by Crippen LogP contribution is 2.25.